The Morgan fingerprint density at radius 3 is 2.42 bits per heavy atom. The zero-order valence-electron chi connectivity index (χ0n) is 10.3. The maximum absolute atomic E-state index is 12.6. The first-order valence-electron chi connectivity index (χ1n) is 6.28. The van der Waals surface area contributed by atoms with E-state index in [0.29, 0.717) is 10.1 Å². The smallest absolute Gasteiger partial charge is 0.192 e. The van der Waals surface area contributed by atoms with Gasteiger partial charge in [-0.2, -0.15) is 18.4 Å². The number of nitriles is 1. The molecule has 1 aromatic rings. The minimum absolute atomic E-state index is 0.130. The predicted molar refractivity (Wildman–Crippen MR) is 68.9 cm³/mol. The van der Waals surface area contributed by atoms with Crippen molar-refractivity contribution in [3.8, 4) is 6.07 Å². The lowest BCUT2D eigenvalue weighted by molar-refractivity contribution is -0.137. The molecule has 1 aliphatic rings. The summed E-state index contributed by atoms with van der Waals surface area (Å²) in [5, 5.41) is 9.44. The van der Waals surface area contributed by atoms with Crippen molar-refractivity contribution in [3.05, 3.63) is 29.3 Å². The van der Waals surface area contributed by atoms with Gasteiger partial charge in [-0.15, -0.1) is 11.8 Å². The van der Waals surface area contributed by atoms with Crippen molar-refractivity contribution in [1.82, 2.24) is 0 Å². The van der Waals surface area contributed by atoms with Crippen LogP contribution in [-0.2, 0) is 6.18 Å². The van der Waals surface area contributed by atoms with E-state index in [1.807, 2.05) is 6.07 Å². The van der Waals surface area contributed by atoms with Crippen LogP contribution in [0.25, 0.3) is 0 Å². The molecule has 0 amide bonds. The van der Waals surface area contributed by atoms with E-state index in [-0.39, 0.29) is 5.56 Å². The quantitative estimate of drug-likeness (QED) is 0.763. The number of halogens is 3. The largest absolute Gasteiger partial charge is 0.416 e. The summed E-state index contributed by atoms with van der Waals surface area (Å²) in [5.74, 6) is 0. The van der Waals surface area contributed by atoms with E-state index in [2.05, 4.69) is 0 Å². The fourth-order valence-electron chi connectivity index (χ4n) is 2.26. The molecule has 1 aromatic carbocycles. The van der Waals surface area contributed by atoms with Crippen LogP contribution in [0.2, 0.25) is 0 Å². The van der Waals surface area contributed by atoms with E-state index >= 15 is 0 Å². The van der Waals surface area contributed by atoms with Gasteiger partial charge in [0.05, 0.1) is 11.1 Å². The molecular formula is C14H14F3NS. The molecule has 0 heterocycles. The Bertz CT molecular complexity index is 484. The van der Waals surface area contributed by atoms with Crippen LogP contribution in [0.4, 0.5) is 13.2 Å². The van der Waals surface area contributed by atoms with E-state index in [0.717, 1.165) is 25.0 Å². The molecule has 1 nitrogen and oxygen atoms in total. The van der Waals surface area contributed by atoms with Crippen molar-refractivity contribution >= 4 is 11.8 Å². The van der Waals surface area contributed by atoms with Crippen LogP contribution in [-0.4, -0.2) is 5.25 Å². The van der Waals surface area contributed by atoms with Crippen LogP contribution in [0.1, 0.15) is 43.2 Å². The van der Waals surface area contributed by atoms with Gasteiger partial charge in [-0.05, 0) is 31.0 Å². The van der Waals surface area contributed by atoms with Gasteiger partial charge in [0.25, 0.3) is 0 Å². The highest BCUT2D eigenvalue weighted by molar-refractivity contribution is 8.00. The lowest BCUT2D eigenvalue weighted by Gasteiger charge is -2.21. The van der Waals surface area contributed by atoms with Gasteiger partial charge < -0.3 is 0 Å². The Kier molecular flexibility index (Phi) is 4.41. The van der Waals surface area contributed by atoms with Crippen LogP contribution in [0, 0.1) is 11.3 Å². The van der Waals surface area contributed by atoms with Gasteiger partial charge in [-0.1, -0.05) is 19.3 Å². The van der Waals surface area contributed by atoms with Gasteiger partial charge in [0.15, 0.2) is 0 Å². The zero-order valence-corrected chi connectivity index (χ0v) is 11.2. The standard InChI is InChI=1S/C14H14F3NS/c15-14(16,17)11-6-7-13(10(8-11)9-18)19-12-4-2-1-3-5-12/h6-8,12H,1-5H2. The molecule has 0 unspecified atom stereocenters. The molecule has 0 bridgehead atoms. The van der Waals surface area contributed by atoms with Crippen LogP contribution >= 0.6 is 11.8 Å². The fourth-order valence-corrected chi connectivity index (χ4v) is 3.57. The van der Waals surface area contributed by atoms with E-state index in [4.69, 9.17) is 5.26 Å². The molecule has 1 aliphatic carbocycles. The molecule has 0 atom stereocenters. The summed E-state index contributed by atoms with van der Waals surface area (Å²) in [6.07, 6.45) is 1.34. The number of thioether (sulfide) groups is 1. The molecule has 0 saturated heterocycles. The van der Waals surface area contributed by atoms with Crippen LogP contribution in [0.3, 0.4) is 0 Å². The minimum Gasteiger partial charge on any atom is -0.192 e. The highest BCUT2D eigenvalue weighted by Gasteiger charge is 2.31. The second-order valence-corrected chi connectivity index (χ2v) is 6.04. The minimum atomic E-state index is -4.39. The number of nitrogens with zero attached hydrogens (tertiary/aromatic N) is 1. The monoisotopic (exact) mass is 285 g/mol. The first kappa shape index (κ1) is 14.3. The zero-order chi connectivity index (χ0) is 13.9. The summed E-state index contributed by atoms with van der Waals surface area (Å²) in [4.78, 5) is 0.669. The van der Waals surface area contributed by atoms with Gasteiger partial charge in [-0.3, -0.25) is 0 Å². The van der Waals surface area contributed by atoms with Crippen molar-refractivity contribution < 1.29 is 13.2 Å². The number of benzene rings is 1. The SMILES string of the molecule is N#Cc1cc(C(F)(F)F)ccc1SC1CCCCC1. The highest BCUT2D eigenvalue weighted by Crippen LogP contribution is 2.37. The molecule has 2 rings (SSSR count). The number of hydrogen-bond acceptors (Lipinski definition) is 2. The average molecular weight is 285 g/mol. The molecule has 5 heteroatoms. The van der Waals surface area contributed by atoms with Crippen molar-refractivity contribution in [2.45, 2.75) is 48.4 Å². The molecule has 19 heavy (non-hydrogen) atoms. The fraction of sp³-hybridized carbons (Fsp3) is 0.500. The third kappa shape index (κ3) is 3.66. The lowest BCUT2D eigenvalue weighted by Crippen LogP contribution is -2.09. The van der Waals surface area contributed by atoms with Crippen molar-refractivity contribution in [1.29, 1.82) is 5.26 Å². The summed E-state index contributed by atoms with van der Waals surface area (Å²) in [7, 11) is 0. The Morgan fingerprint density at radius 2 is 1.84 bits per heavy atom. The van der Waals surface area contributed by atoms with Gasteiger partial charge in [-0.25, -0.2) is 0 Å². The summed E-state index contributed by atoms with van der Waals surface area (Å²) in [5.41, 5.74) is -0.623. The Labute approximate surface area is 114 Å². The molecule has 102 valence electrons. The Balaban J connectivity index is 2.19. The van der Waals surface area contributed by atoms with Gasteiger partial charge >= 0.3 is 6.18 Å². The van der Waals surface area contributed by atoms with Gasteiger partial charge in [0, 0.05) is 10.1 Å². The first-order valence-corrected chi connectivity index (χ1v) is 7.16. The van der Waals surface area contributed by atoms with E-state index in [1.165, 1.54) is 25.3 Å². The van der Waals surface area contributed by atoms with Crippen molar-refractivity contribution in [2.75, 3.05) is 0 Å². The molecule has 1 fully saturated rings. The third-order valence-electron chi connectivity index (χ3n) is 3.27. The van der Waals surface area contributed by atoms with E-state index in [1.54, 1.807) is 11.8 Å². The summed E-state index contributed by atoms with van der Waals surface area (Å²) in [6, 6.07) is 5.32. The van der Waals surface area contributed by atoms with Crippen molar-refractivity contribution in [2.24, 2.45) is 0 Å². The average Bonchev–Trinajstić information content (AvgIpc) is 2.39. The van der Waals surface area contributed by atoms with Gasteiger partial charge in [0.1, 0.15) is 6.07 Å². The van der Waals surface area contributed by atoms with Crippen LogP contribution < -0.4 is 0 Å². The molecule has 0 aliphatic heterocycles. The van der Waals surface area contributed by atoms with E-state index < -0.39 is 11.7 Å². The number of rotatable bonds is 2. The number of alkyl halides is 3. The molecule has 0 aromatic heterocycles. The second kappa shape index (κ2) is 5.87. The molecule has 0 radical (unpaired) electrons. The molecule has 0 N–H and O–H groups in total. The topological polar surface area (TPSA) is 23.8 Å². The lowest BCUT2D eigenvalue weighted by atomic mass is 10.0. The third-order valence-corrected chi connectivity index (χ3v) is 4.69. The van der Waals surface area contributed by atoms with Crippen molar-refractivity contribution in [3.63, 3.8) is 0 Å². The summed E-state index contributed by atoms with van der Waals surface area (Å²) in [6.45, 7) is 0. The molecule has 0 spiro atoms. The maximum atomic E-state index is 12.6. The normalized spacial score (nSPS) is 17.2. The maximum Gasteiger partial charge on any atom is 0.416 e. The van der Waals surface area contributed by atoms with Gasteiger partial charge in [0.2, 0.25) is 0 Å². The molecule has 1 saturated carbocycles. The predicted octanol–water partition coefficient (Wildman–Crippen LogP) is 5.00. The summed E-state index contributed by atoms with van der Waals surface area (Å²) >= 11 is 1.55. The first-order chi connectivity index (χ1) is 9.00. The second-order valence-electron chi connectivity index (χ2n) is 4.70. The van der Waals surface area contributed by atoms with E-state index in [9.17, 15) is 13.2 Å². The summed E-state index contributed by atoms with van der Waals surface area (Å²) < 4.78 is 37.7. The van der Waals surface area contributed by atoms with Crippen LogP contribution in [0.5, 0.6) is 0 Å². The highest BCUT2D eigenvalue weighted by atomic mass is 32.2. The Morgan fingerprint density at radius 1 is 1.16 bits per heavy atom. The van der Waals surface area contributed by atoms with Crippen LogP contribution in [0.15, 0.2) is 23.1 Å². The Hall–Kier alpha value is -1.15. The molecular weight excluding hydrogens is 271 g/mol. The number of hydrogen-bond donors (Lipinski definition) is 0.